The highest BCUT2D eigenvalue weighted by atomic mass is 79.9. The predicted molar refractivity (Wildman–Crippen MR) is 131 cm³/mol. The topological polar surface area (TPSA) is 83.1 Å². The van der Waals surface area contributed by atoms with Gasteiger partial charge in [0.05, 0.1) is 17.7 Å². The van der Waals surface area contributed by atoms with Crippen LogP contribution in [0.1, 0.15) is 50.4 Å². The minimum absolute atomic E-state index is 0.0247. The first-order chi connectivity index (χ1) is 15.6. The van der Waals surface area contributed by atoms with Crippen LogP contribution in [0.15, 0.2) is 57.4 Å². The van der Waals surface area contributed by atoms with Crippen molar-refractivity contribution in [1.82, 2.24) is 14.5 Å². The fraction of sp³-hybridized carbons (Fsp3) is 0.440. The van der Waals surface area contributed by atoms with Gasteiger partial charge in [0.15, 0.2) is 5.69 Å². The Hall–Kier alpha value is -2.58. The van der Waals surface area contributed by atoms with Crippen LogP contribution in [0.3, 0.4) is 0 Å². The number of aromatic nitrogens is 2. The van der Waals surface area contributed by atoms with Gasteiger partial charge in [0.25, 0.3) is 5.91 Å². The molecule has 0 unspecified atom stereocenters. The van der Waals surface area contributed by atoms with Crippen LogP contribution in [0.5, 0.6) is 5.88 Å². The summed E-state index contributed by atoms with van der Waals surface area (Å²) >= 11 is 3.51. The number of pyridine rings is 1. The van der Waals surface area contributed by atoms with Crippen molar-refractivity contribution in [2.45, 2.75) is 52.7 Å². The quantitative estimate of drug-likeness (QED) is 0.419. The van der Waals surface area contributed by atoms with E-state index in [1.807, 2.05) is 22.8 Å². The normalized spacial score (nSPS) is 24.7. The number of carbonyl (C=O) groups is 1. The highest BCUT2D eigenvalue weighted by Gasteiger charge is 2.49. The van der Waals surface area contributed by atoms with Crippen molar-refractivity contribution in [2.24, 2.45) is 21.1 Å². The number of azo groups is 1. The number of aromatic hydroxyl groups is 1. The van der Waals surface area contributed by atoms with Gasteiger partial charge in [0.1, 0.15) is 0 Å². The number of nitrogens with zero attached hydrogens (tertiary/aromatic N) is 5. The SMILES string of the molecule is CC1(C)C[C@H]2C[C@@](C)(CN2Cn2c(O)c(N=NC(=O)c3cccnc3)c3cc(Br)ccc32)C1. The molecule has 2 aromatic heterocycles. The smallest absolute Gasteiger partial charge is 0.296 e. The fourth-order valence-corrected chi connectivity index (χ4v) is 6.46. The first-order valence-electron chi connectivity index (χ1n) is 11.3. The van der Waals surface area contributed by atoms with Crippen molar-refractivity contribution in [3.63, 3.8) is 0 Å². The van der Waals surface area contributed by atoms with Crippen molar-refractivity contribution >= 4 is 38.4 Å². The van der Waals surface area contributed by atoms with Crippen LogP contribution >= 0.6 is 15.9 Å². The van der Waals surface area contributed by atoms with Gasteiger partial charge in [-0.25, -0.2) is 0 Å². The third kappa shape index (κ3) is 4.22. The molecule has 1 aliphatic carbocycles. The number of rotatable bonds is 4. The second-order valence-corrected chi connectivity index (χ2v) is 11.5. The maximum absolute atomic E-state index is 12.4. The summed E-state index contributed by atoms with van der Waals surface area (Å²) < 4.78 is 2.76. The van der Waals surface area contributed by atoms with Crippen LogP contribution in [0.2, 0.25) is 0 Å². The van der Waals surface area contributed by atoms with Crippen LogP contribution < -0.4 is 0 Å². The Morgan fingerprint density at radius 1 is 1.27 bits per heavy atom. The lowest BCUT2D eigenvalue weighted by molar-refractivity contribution is 0.0994. The molecule has 1 saturated heterocycles. The zero-order valence-electron chi connectivity index (χ0n) is 19.1. The Morgan fingerprint density at radius 2 is 2.09 bits per heavy atom. The van der Waals surface area contributed by atoms with Gasteiger partial charge in [-0.1, -0.05) is 36.7 Å². The molecule has 0 radical (unpaired) electrons. The monoisotopic (exact) mass is 509 g/mol. The Balaban J connectivity index is 1.50. The fourth-order valence-electron chi connectivity index (χ4n) is 6.10. The number of carbonyl (C=O) groups excluding carboxylic acids is 1. The zero-order chi connectivity index (χ0) is 23.4. The molecular formula is C25H28BrN5O2. The molecule has 2 fully saturated rings. The van der Waals surface area contributed by atoms with Gasteiger partial charge >= 0.3 is 0 Å². The summed E-state index contributed by atoms with van der Waals surface area (Å²) in [6.07, 6.45) is 6.61. The summed E-state index contributed by atoms with van der Waals surface area (Å²) in [6.45, 7) is 8.69. The van der Waals surface area contributed by atoms with E-state index < -0.39 is 5.91 Å². The average Bonchev–Trinajstić information content (AvgIpc) is 3.15. The van der Waals surface area contributed by atoms with Crippen LogP contribution in [0.25, 0.3) is 10.9 Å². The van der Waals surface area contributed by atoms with Gasteiger partial charge in [0, 0.05) is 34.8 Å². The van der Waals surface area contributed by atoms with E-state index in [1.54, 1.807) is 18.3 Å². The van der Waals surface area contributed by atoms with Crippen molar-refractivity contribution in [3.8, 4) is 5.88 Å². The summed E-state index contributed by atoms with van der Waals surface area (Å²) in [4.78, 5) is 18.9. The van der Waals surface area contributed by atoms with Crippen molar-refractivity contribution in [2.75, 3.05) is 6.54 Å². The van der Waals surface area contributed by atoms with Crippen LogP contribution in [0.4, 0.5) is 5.69 Å². The van der Waals surface area contributed by atoms with Gasteiger partial charge in [-0.15, -0.1) is 10.2 Å². The summed E-state index contributed by atoms with van der Waals surface area (Å²) in [5.74, 6) is -0.474. The number of benzene rings is 1. The number of hydrogen-bond donors (Lipinski definition) is 1. The molecule has 33 heavy (non-hydrogen) atoms. The summed E-state index contributed by atoms with van der Waals surface area (Å²) in [5, 5.41) is 20.0. The number of hydrogen-bond acceptors (Lipinski definition) is 5. The van der Waals surface area contributed by atoms with Crippen LogP contribution in [-0.2, 0) is 6.67 Å². The molecule has 7 nitrogen and oxygen atoms in total. The Morgan fingerprint density at radius 3 is 2.85 bits per heavy atom. The number of likely N-dealkylation sites (tertiary alicyclic amines) is 1. The highest BCUT2D eigenvalue weighted by Crippen LogP contribution is 2.53. The molecule has 1 saturated carbocycles. The molecule has 0 spiro atoms. The second kappa shape index (κ2) is 8.02. The lowest BCUT2D eigenvalue weighted by Gasteiger charge is -2.40. The maximum atomic E-state index is 12.4. The molecule has 1 N–H and O–H groups in total. The molecule has 1 aromatic carbocycles. The van der Waals surface area contributed by atoms with E-state index in [9.17, 15) is 9.90 Å². The van der Waals surface area contributed by atoms with Gasteiger partial charge < -0.3 is 5.11 Å². The van der Waals surface area contributed by atoms with Crippen LogP contribution in [0, 0.1) is 10.8 Å². The molecule has 2 atom stereocenters. The molecule has 5 rings (SSSR count). The second-order valence-electron chi connectivity index (χ2n) is 10.6. The molecule has 3 aromatic rings. The third-order valence-electron chi connectivity index (χ3n) is 6.97. The van der Waals surface area contributed by atoms with Gasteiger partial charge in [0.2, 0.25) is 5.88 Å². The first kappa shape index (κ1) is 22.2. The van der Waals surface area contributed by atoms with Crippen molar-refractivity contribution in [1.29, 1.82) is 0 Å². The number of halogens is 1. The number of amides is 1. The first-order valence-corrected chi connectivity index (χ1v) is 12.0. The van der Waals surface area contributed by atoms with E-state index >= 15 is 0 Å². The molecule has 172 valence electrons. The van der Waals surface area contributed by atoms with Crippen molar-refractivity contribution in [3.05, 3.63) is 52.8 Å². The van der Waals surface area contributed by atoms with Crippen molar-refractivity contribution < 1.29 is 9.90 Å². The Bertz CT molecular complexity index is 1250. The Kier molecular flexibility index (Phi) is 5.40. The lowest BCUT2D eigenvalue weighted by Crippen LogP contribution is -2.35. The summed E-state index contributed by atoms with van der Waals surface area (Å²) in [6, 6.07) is 9.63. The minimum Gasteiger partial charge on any atom is -0.493 e. The molecule has 3 heterocycles. The van der Waals surface area contributed by atoms with Gasteiger partial charge in [-0.05, 0) is 60.4 Å². The Labute approximate surface area is 201 Å². The molecule has 1 amide bonds. The largest absolute Gasteiger partial charge is 0.493 e. The number of fused-ring (bicyclic) bond motifs is 3. The minimum atomic E-state index is -0.498. The molecule has 2 bridgehead atoms. The zero-order valence-corrected chi connectivity index (χ0v) is 20.7. The standard InChI is InChI=1S/C25H28BrN5O2/c1-24(2)10-18-11-25(3,13-24)14-30(18)15-31-20-7-6-17(26)9-19(20)21(23(31)33)28-29-22(32)16-5-4-8-27-12-16/h4-9,12,18,33H,10-11,13-15H2,1-3H3/t18-,25+/m0/s1. The van der Waals surface area contributed by atoms with E-state index in [2.05, 4.69) is 56.8 Å². The van der Waals surface area contributed by atoms with E-state index in [1.165, 1.54) is 19.0 Å². The van der Waals surface area contributed by atoms with E-state index in [0.29, 0.717) is 34.8 Å². The summed E-state index contributed by atoms with van der Waals surface area (Å²) in [7, 11) is 0. The molecule has 1 aliphatic heterocycles. The molecular weight excluding hydrogens is 482 g/mol. The van der Waals surface area contributed by atoms with E-state index in [-0.39, 0.29) is 5.88 Å². The van der Waals surface area contributed by atoms with Crippen LogP contribution in [-0.4, -0.2) is 38.1 Å². The lowest BCUT2D eigenvalue weighted by atomic mass is 9.65. The molecule has 8 heteroatoms. The summed E-state index contributed by atoms with van der Waals surface area (Å²) in [5.41, 5.74) is 2.14. The predicted octanol–water partition coefficient (Wildman–Crippen LogP) is 6.29. The van der Waals surface area contributed by atoms with E-state index in [0.717, 1.165) is 28.3 Å². The average molecular weight is 510 g/mol. The maximum Gasteiger partial charge on any atom is 0.296 e. The molecule has 2 aliphatic rings. The van der Waals surface area contributed by atoms with Gasteiger partial charge in [-0.3, -0.25) is 19.2 Å². The third-order valence-corrected chi connectivity index (χ3v) is 7.46. The van der Waals surface area contributed by atoms with Gasteiger partial charge in [-0.2, -0.15) is 0 Å². The van der Waals surface area contributed by atoms with E-state index in [4.69, 9.17) is 0 Å². The highest BCUT2D eigenvalue weighted by molar-refractivity contribution is 9.10.